The highest BCUT2D eigenvalue weighted by atomic mass is 14.7. The zero-order chi connectivity index (χ0) is 13.3. The normalized spacial score (nSPS) is 11.6. The average Bonchev–Trinajstić information content (AvgIpc) is 2.38. The zero-order valence-corrected chi connectivity index (χ0v) is 12.0. The number of aliphatic imine (C=N–C) groups is 1. The summed E-state index contributed by atoms with van der Waals surface area (Å²) in [5.41, 5.74) is 3.60. The fourth-order valence-corrected chi connectivity index (χ4v) is 1.51. The molecular formula is C16H25N. The van der Waals surface area contributed by atoms with Crippen molar-refractivity contribution in [3.05, 3.63) is 41.5 Å². The van der Waals surface area contributed by atoms with Crippen molar-refractivity contribution in [3.63, 3.8) is 0 Å². The molecule has 17 heavy (non-hydrogen) atoms. The van der Waals surface area contributed by atoms with Gasteiger partial charge in [-0.3, -0.25) is 4.99 Å². The molecule has 1 nitrogen and oxygen atoms in total. The van der Waals surface area contributed by atoms with Gasteiger partial charge in [0.1, 0.15) is 0 Å². The van der Waals surface area contributed by atoms with E-state index in [1.165, 1.54) is 11.1 Å². The van der Waals surface area contributed by atoms with E-state index in [1.807, 2.05) is 40.0 Å². The van der Waals surface area contributed by atoms with Gasteiger partial charge in [-0.05, 0) is 31.4 Å². The highest BCUT2D eigenvalue weighted by molar-refractivity contribution is 5.72. The lowest BCUT2D eigenvalue weighted by atomic mass is 10.00. The van der Waals surface area contributed by atoms with Gasteiger partial charge < -0.3 is 0 Å². The summed E-state index contributed by atoms with van der Waals surface area (Å²) in [6.45, 7) is 12.4. The monoisotopic (exact) mass is 231 g/mol. The van der Waals surface area contributed by atoms with E-state index in [4.69, 9.17) is 0 Å². The molecule has 0 atom stereocenters. The van der Waals surface area contributed by atoms with E-state index in [9.17, 15) is 0 Å². The van der Waals surface area contributed by atoms with Crippen molar-refractivity contribution >= 4 is 11.9 Å². The van der Waals surface area contributed by atoms with Gasteiger partial charge in [-0.15, -0.1) is 0 Å². The number of benzene rings is 1. The molecule has 0 bridgehead atoms. The second-order valence-electron chi connectivity index (χ2n) is 3.84. The van der Waals surface area contributed by atoms with Crippen molar-refractivity contribution in [2.24, 2.45) is 4.99 Å². The number of rotatable bonds is 3. The van der Waals surface area contributed by atoms with Gasteiger partial charge in [-0.1, -0.05) is 52.0 Å². The van der Waals surface area contributed by atoms with E-state index in [2.05, 4.69) is 43.1 Å². The van der Waals surface area contributed by atoms with Crippen LogP contribution >= 0.6 is 0 Å². The summed E-state index contributed by atoms with van der Waals surface area (Å²) >= 11 is 0. The van der Waals surface area contributed by atoms with Crippen LogP contribution < -0.4 is 0 Å². The van der Waals surface area contributed by atoms with Crippen molar-refractivity contribution in [2.45, 2.75) is 47.5 Å². The van der Waals surface area contributed by atoms with Crippen molar-refractivity contribution in [2.75, 3.05) is 0 Å². The third-order valence-corrected chi connectivity index (χ3v) is 2.39. The molecule has 0 fully saturated rings. The fourth-order valence-electron chi connectivity index (χ4n) is 1.51. The highest BCUT2D eigenvalue weighted by Crippen LogP contribution is 2.21. The summed E-state index contributed by atoms with van der Waals surface area (Å²) in [7, 11) is 0. The van der Waals surface area contributed by atoms with Gasteiger partial charge in [-0.25, -0.2) is 0 Å². The van der Waals surface area contributed by atoms with E-state index < -0.39 is 0 Å². The number of allylic oxidation sites excluding steroid dienone is 1. The molecule has 0 aliphatic carbocycles. The number of hydrogen-bond acceptors (Lipinski definition) is 1. The van der Waals surface area contributed by atoms with Crippen molar-refractivity contribution in [1.82, 2.24) is 0 Å². The smallest absolute Gasteiger partial charge is 0.0655 e. The standard InChI is InChI=1S/C14H19N.C2H6/c1-5-14(15-6-2)13-9-7-8-12(10-13)11(3)4;1-2/h5-11H,1-4H3;1-2H3/b14-5-,15-6?;. The molecule has 0 aromatic heterocycles. The molecule has 0 amide bonds. The molecule has 0 radical (unpaired) electrons. The Labute approximate surface area is 106 Å². The third-order valence-electron chi connectivity index (χ3n) is 2.39. The van der Waals surface area contributed by atoms with Crippen LogP contribution in [0.2, 0.25) is 0 Å². The first-order valence-corrected chi connectivity index (χ1v) is 6.44. The van der Waals surface area contributed by atoms with Crippen LogP contribution in [-0.4, -0.2) is 6.21 Å². The maximum atomic E-state index is 4.35. The van der Waals surface area contributed by atoms with E-state index in [0.717, 1.165) is 5.70 Å². The van der Waals surface area contributed by atoms with Gasteiger partial charge in [0.25, 0.3) is 0 Å². The Morgan fingerprint density at radius 2 is 1.82 bits per heavy atom. The van der Waals surface area contributed by atoms with Gasteiger partial charge in [0.2, 0.25) is 0 Å². The van der Waals surface area contributed by atoms with Crippen LogP contribution in [0.25, 0.3) is 5.70 Å². The minimum absolute atomic E-state index is 0.564. The molecular weight excluding hydrogens is 206 g/mol. The minimum atomic E-state index is 0.564. The molecule has 0 saturated carbocycles. The molecule has 0 N–H and O–H groups in total. The van der Waals surface area contributed by atoms with Crippen LogP contribution in [0.4, 0.5) is 0 Å². The topological polar surface area (TPSA) is 12.4 Å². The summed E-state index contributed by atoms with van der Waals surface area (Å²) in [5.74, 6) is 0.564. The quantitative estimate of drug-likeness (QED) is 0.627. The van der Waals surface area contributed by atoms with Crippen molar-refractivity contribution < 1.29 is 0 Å². The summed E-state index contributed by atoms with van der Waals surface area (Å²) in [6, 6.07) is 8.58. The van der Waals surface area contributed by atoms with E-state index in [0.29, 0.717) is 5.92 Å². The Morgan fingerprint density at radius 3 is 2.29 bits per heavy atom. The first-order valence-electron chi connectivity index (χ1n) is 6.44. The lowest BCUT2D eigenvalue weighted by Gasteiger charge is -2.08. The zero-order valence-electron chi connectivity index (χ0n) is 12.0. The summed E-state index contributed by atoms with van der Waals surface area (Å²) in [6.07, 6.45) is 3.87. The Morgan fingerprint density at radius 1 is 1.18 bits per heavy atom. The Balaban J connectivity index is 0.00000121. The molecule has 1 aromatic carbocycles. The van der Waals surface area contributed by atoms with Gasteiger partial charge in [0.05, 0.1) is 5.70 Å². The molecule has 0 saturated heterocycles. The molecule has 0 aliphatic rings. The van der Waals surface area contributed by atoms with E-state index >= 15 is 0 Å². The van der Waals surface area contributed by atoms with E-state index in [1.54, 1.807) is 0 Å². The number of nitrogens with zero attached hydrogens (tertiary/aromatic N) is 1. The molecule has 1 heteroatoms. The van der Waals surface area contributed by atoms with Crippen molar-refractivity contribution in [3.8, 4) is 0 Å². The molecule has 0 heterocycles. The maximum Gasteiger partial charge on any atom is 0.0655 e. The first kappa shape index (κ1) is 15.6. The fraction of sp³-hybridized carbons (Fsp3) is 0.438. The van der Waals surface area contributed by atoms with Crippen LogP contribution in [0.3, 0.4) is 0 Å². The largest absolute Gasteiger partial charge is 0.261 e. The lowest BCUT2D eigenvalue weighted by Crippen LogP contribution is -1.89. The van der Waals surface area contributed by atoms with Crippen LogP contribution in [0.15, 0.2) is 35.3 Å². The SMILES string of the molecule is CC.CC=N/C(=C\C)c1cccc(C(C)C)c1. The number of hydrogen-bond donors (Lipinski definition) is 0. The predicted octanol–water partition coefficient (Wildman–Crippen LogP) is 5.29. The average molecular weight is 231 g/mol. The van der Waals surface area contributed by atoms with Crippen LogP contribution in [-0.2, 0) is 0 Å². The highest BCUT2D eigenvalue weighted by Gasteiger charge is 2.02. The van der Waals surface area contributed by atoms with Gasteiger partial charge >= 0.3 is 0 Å². The summed E-state index contributed by atoms with van der Waals surface area (Å²) < 4.78 is 0. The first-order chi connectivity index (χ1) is 8.19. The molecule has 94 valence electrons. The Kier molecular flexibility index (Phi) is 8.04. The Hall–Kier alpha value is -1.37. The second kappa shape index (κ2) is 8.74. The van der Waals surface area contributed by atoms with Crippen LogP contribution in [0, 0.1) is 0 Å². The molecule has 0 unspecified atom stereocenters. The summed E-state index contributed by atoms with van der Waals surface area (Å²) in [4.78, 5) is 4.35. The van der Waals surface area contributed by atoms with Crippen molar-refractivity contribution in [1.29, 1.82) is 0 Å². The van der Waals surface area contributed by atoms with Crippen LogP contribution in [0.1, 0.15) is 58.6 Å². The van der Waals surface area contributed by atoms with E-state index in [-0.39, 0.29) is 0 Å². The molecule has 1 rings (SSSR count). The predicted molar refractivity (Wildman–Crippen MR) is 79.7 cm³/mol. The third kappa shape index (κ3) is 4.99. The second-order valence-corrected chi connectivity index (χ2v) is 3.84. The Bertz CT molecular complexity index is 373. The summed E-state index contributed by atoms with van der Waals surface area (Å²) in [5, 5.41) is 0. The van der Waals surface area contributed by atoms with Gasteiger partial charge in [0, 0.05) is 11.8 Å². The maximum absolute atomic E-state index is 4.35. The minimum Gasteiger partial charge on any atom is -0.261 e. The molecule has 1 aromatic rings. The molecule has 0 aliphatic heterocycles. The van der Waals surface area contributed by atoms with Gasteiger partial charge in [-0.2, -0.15) is 0 Å². The van der Waals surface area contributed by atoms with Gasteiger partial charge in [0.15, 0.2) is 0 Å². The lowest BCUT2D eigenvalue weighted by molar-refractivity contribution is 0.866. The molecule has 0 spiro atoms. The van der Waals surface area contributed by atoms with Crippen LogP contribution in [0.5, 0.6) is 0 Å².